The van der Waals surface area contributed by atoms with Crippen LogP contribution in [0.2, 0.25) is 0 Å². The molecule has 0 radical (unpaired) electrons. The number of rotatable bonds is 5. The fraction of sp³-hybridized carbons (Fsp3) is 0.231. The van der Waals surface area contributed by atoms with Crippen LogP contribution in [0.1, 0.15) is 10.4 Å². The number of hydrogen-bond donors (Lipinski definition) is 2. The van der Waals surface area contributed by atoms with Crippen molar-refractivity contribution in [1.82, 2.24) is 15.5 Å². The second-order valence-corrected chi connectivity index (χ2v) is 5.23. The highest BCUT2D eigenvalue weighted by Gasteiger charge is 2.27. The van der Waals surface area contributed by atoms with Gasteiger partial charge in [-0.05, 0) is 11.8 Å². The lowest BCUT2D eigenvalue weighted by atomic mass is 10.1. The molecule has 2 N–H and O–H groups in total. The summed E-state index contributed by atoms with van der Waals surface area (Å²) >= 11 is -0.165. The fourth-order valence-corrected chi connectivity index (χ4v) is 2.15. The first-order valence-corrected chi connectivity index (χ1v) is 7.03. The van der Waals surface area contributed by atoms with E-state index in [-0.39, 0.29) is 24.1 Å². The molecule has 112 valence electrons. The zero-order valence-corrected chi connectivity index (χ0v) is 11.6. The summed E-state index contributed by atoms with van der Waals surface area (Å²) in [6.45, 7) is -0.0670. The Hall–Kier alpha value is -1.96. The molecule has 8 heteroatoms. The number of benzene rings is 1. The maximum absolute atomic E-state index is 12.0. The standard InChI is InChI=1S/C13H12F3N3OS/c14-13(15,16)21-7-6-17-12(20)10-8-18-19-11(10)9-4-2-1-3-5-9/h1-5,8H,6-7H2,(H,17,20)(H,18,19). The molecule has 2 rings (SSSR count). The number of alkyl halides is 3. The van der Waals surface area contributed by atoms with Crippen LogP contribution in [0.4, 0.5) is 13.2 Å². The van der Waals surface area contributed by atoms with E-state index in [1.165, 1.54) is 6.20 Å². The van der Waals surface area contributed by atoms with Gasteiger partial charge in [-0.25, -0.2) is 0 Å². The molecule has 0 atom stereocenters. The number of H-pyrrole nitrogens is 1. The molecule has 0 unspecified atom stereocenters. The summed E-state index contributed by atoms with van der Waals surface area (Å²) in [6.07, 6.45) is 1.36. The minimum Gasteiger partial charge on any atom is -0.351 e. The van der Waals surface area contributed by atoms with Crippen molar-refractivity contribution in [2.75, 3.05) is 12.3 Å². The van der Waals surface area contributed by atoms with E-state index in [0.29, 0.717) is 11.3 Å². The number of hydrogen-bond acceptors (Lipinski definition) is 3. The number of thioether (sulfide) groups is 1. The molecule has 0 bridgehead atoms. The predicted octanol–water partition coefficient (Wildman–Crippen LogP) is 3.06. The number of amides is 1. The third kappa shape index (κ3) is 4.52. The van der Waals surface area contributed by atoms with Crippen molar-refractivity contribution in [2.45, 2.75) is 5.51 Å². The molecule has 0 aliphatic rings. The Kier molecular flexibility index (Phi) is 4.89. The van der Waals surface area contributed by atoms with Crippen molar-refractivity contribution >= 4 is 17.7 Å². The lowest BCUT2D eigenvalue weighted by Gasteiger charge is -2.07. The molecule has 0 saturated heterocycles. The average Bonchev–Trinajstić information content (AvgIpc) is 2.93. The lowest BCUT2D eigenvalue weighted by molar-refractivity contribution is -0.0327. The Morgan fingerprint density at radius 2 is 2.00 bits per heavy atom. The van der Waals surface area contributed by atoms with Crippen LogP contribution in [-0.4, -0.2) is 33.9 Å². The van der Waals surface area contributed by atoms with Gasteiger partial charge in [0.1, 0.15) is 0 Å². The van der Waals surface area contributed by atoms with Gasteiger partial charge in [0, 0.05) is 17.9 Å². The maximum Gasteiger partial charge on any atom is 0.441 e. The van der Waals surface area contributed by atoms with Gasteiger partial charge in [0.2, 0.25) is 0 Å². The van der Waals surface area contributed by atoms with Crippen LogP contribution in [0.15, 0.2) is 36.5 Å². The molecule has 2 aromatic rings. The van der Waals surface area contributed by atoms with Gasteiger partial charge in [0.05, 0.1) is 17.5 Å². The van der Waals surface area contributed by atoms with Crippen LogP contribution >= 0.6 is 11.8 Å². The van der Waals surface area contributed by atoms with Crippen molar-refractivity contribution in [1.29, 1.82) is 0 Å². The summed E-state index contributed by atoms with van der Waals surface area (Å²) < 4.78 is 35.9. The van der Waals surface area contributed by atoms with E-state index in [4.69, 9.17) is 0 Å². The Bertz CT molecular complexity index is 598. The zero-order valence-electron chi connectivity index (χ0n) is 10.8. The summed E-state index contributed by atoms with van der Waals surface area (Å²) in [5, 5.41) is 8.99. The quantitative estimate of drug-likeness (QED) is 0.834. The minimum atomic E-state index is -4.28. The first-order valence-electron chi connectivity index (χ1n) is 6.05. The van der Waals surface area contributed by atoms with Crippen LogP contribution in [0.5, 0.6) is 0 Å². The Morgan fingerprint density at radius 1 is 1.29 bits per heavy atom. The minimum absolute atomic E-state index is 0.0670. The van der Waals surface area contributed by atoms with Crippen LogP contribution in [-0.2, 0) is 0 Å². The molecular formula is C13H12F3N3OS. The van der Waals surface area contributed by atoms with Crippen LogP contribution in [0.3, 0.4) is 0 Å². The van der Waals surface area contributed by atoms with E-state index >= 15 is 0 Å². The van der Waals surface area contributed by atoms with Crippen molar-refractivity contribution in [3.63, 3.8) is 0 Å². The van der Waals surface area contributed by atoms with Gasteiger partial charge in [-0.15, -0.1) is 0 Å². The lowest BCUT2D eigenvalue weighted by Crippen LogP contribution is -2.26. The number of aromatic amines is 1. The summed E-state index contributed by atoms with van der Waals surface area (Å²) in [6, 6.07) is 9.09. The number of carbonyl (C=O) groups is 1. The van der Waals surface area contributed by atoms with E-state index in [0.717, 1.165) is 5.56 Å². The van der Waals surface area contributed by atoms with E-state index in [9.17, 15) is 18.0 Å². The fourth-order valence-electron chi connectivity index (χ4n) is 1.71. The second kappa shape index (κ2) is 6.66. The zero-order chi connectivity index (χ0) is 15.3. The van der Waals surface area contributed by atoms with Gasteiger partial charge in [0.25, 0.3) is 5.91 Å². The number of aromatic nitrogens is 2. The molecule has 1 heterocycles. The second-order valence-electron chi connectivity index (χ2n) is 4.07. The largest absolute Gasteiger partial charge is 0.441 e. The van der Waals surface area contributed by atoms with E-state index < -0.39 is 11.4 Å². The molecule has 21 heavy (non-hydrogen) atoms. The molecule has 0 aliphatic carbocycles. The summed E-state index contributed by atoms with van der Waals surface area (Å²) in [4.78, 5) is 12.0. The SMILES string of the molecule is O=C(NCCSC(F)(F)F)c1cn[nH]c1-c1ccccc1. The Morgan fingerprint density at radius 3 is 2.67 bits per heavy atom. The van der Waals surface area contributed by atoms with Crippen LogP contribution in [0.25, 0.3) is 11.3 Å². The maximum atomic E-state index is 12.0. The number of nitrogens with one attached hydrogen (secondary N) is 2. The van der Waals surface area contributed by atoms with E-state index in [1.54, 1.807) is 0 Å². The molecule has 0 fully saturated rings. The van der Waals surface area contributed by atoms with Gasteiger partial charge < -0.3 is 5.32 Å². The molecule has 1 amide bonds. The molecule has 1 aromatic carbocycles. The van der Waals surface area contributed by atoms with Crippen molar-refractivity contribution in [3.8, 4) is 11.3 Å². The first-order chi connectivity index (χ1) is 9.97. The third-order valence-corrected chi connectivity index (χ3v) is 3.34. The van der Waals surface area contributed by atoms with Crippen molar-refractivity contribution < 1.29 is 18.0 Å². The third-order valence-electron chi connectivity index (χ3n) is 2.60. The molecule has 0 spiro atoms. The highest BCUT2D eigenvalue weighted by Crippen LogP contribution is 2.29. The summed E-state index contributed by atoms with van der Waals surface area (Å²) in [7, 11) is 0. The summed E-state index contributed by atoms with van der Waals surface area (Å²) in [5.74, 6) is -0.682. The Balaban J connectivity index is 1.97. The highest BCUT2D eigenvalue weighted by molar-refractivity contribution is 8.00. The molecule has 1 aromatic heterocycles. The highest BCUT2D eigenvalue weighted by atomic mass is 32.2. The van der Waals surface area contributed by atoms with Gasteiger partial charge in [-0.3, -0.25) is 9.89 Å². The predicted molar refractivity (Wildman–Crippen MR) is 74.9 cm³/mol. The van der Waals surface area contributed by atoms with E-state index in [1.807, 2.05) is 30.3 Å². The number of halogens is 3. The van der Waals surface area contributed by atoms with E-state index in [2.05, 4.69) is 15.5 Å². The monoisotopic (exact) mass is 315 g/mol. The smallest absolute Gasteiger partial charge is 0.351 e. The number of nitrogens with zero attached hydrogens (tertiary/aromatic N) is 1. The van der Waals surface area contributed by atoms with Gasteiger partial charge in [-0.1, -0.05) is 30.3 Å². The van der Waals surface area contributed by atoms with Crippen LogP contribution < -0.4 is 5.32 Å². The molecule has 0 aliphatic heterocycles. The average molecular weight is 315 g/mol. The topological polar surface area (TPSA) is 57.8 Å². The van der Waals surface area contributed by atoms with Crippen molar-refractivity contribution in [2.24, 2.45) is 0 Å². The van der Waals surface area contributed by atoms with Crippen LogP contribution in [0, 0.1) is 0 Å². The van der Waals surface area contributed by atoms with Gasteiger partial charge in [-0.2, -0.15) is 18.3 Å². The van der Waals surface area contributed by atoms with Gasteiger partial charge >= 0.3 is 5.51 Å². The molecule has 0 saturated carbocycles. The normalized spacial score (nSPS) is 11.4. The Labute approximate surface area is 123 Å². The molecule has 4 nitrogen and oxygen atoms in total. The van der Waals surface area contributed by atoms with Gasteiger partial charge in [0.15, 0.2) is 0 Å². The molecular weight excluding hydrogens is 303 g/mol. The summed E-state index contributed by atoms with van der Waals surface area (Å²) in [5.41, 5.74) is -2.66. The number of carbonyl (C=O) groups excluding carboxylic acids is 1. The first kappa shape index (κ1) is 15.4. The van der Waals surface area contributed by atoms with Crippen molar-refractivity contribution in [3.05, 3.63) is 42.1 Å².